The van der Waals surface area contributed by atoms with Crippen LogP contribution in [0.15, 0.2) is 41.3 Å². The van der Waals surface area contributed by atoms with Crippen LogP contribution in [0.4, 0.5) is 5.69 Å². The Morgan fingerprint density at radius 3 is 2.54 bits per heavy atom. The molecule has 0 aliphatic heterocycles. The number of aryl methyl sites for hydroxylation is 2. The summed E-state index contributed by atoms with van der Waals surface area (Å²) in [5.74, 6) is -0.0918. The highest BCUT2D eigenvalue weighted by Gasteiger charge is 2.16. The Kier molecular flexibility index (Phi) is 7.86. The van der Waals surface area contributed by atoms with E-state index >= 15 is 0 Å². The fourth-order valence-corrected chi connectivity index (χ4v) is 3.92. The van der Waals surface area contributed by atoms with E-state index in [1.54, 1.807) is 0 Å². The van der Waals surface area contributed by atoms with Gasteiger partial charge in [0.1, 0.15) is 5.75 Å². The SMILES string of the molecule is CCCCNS(=O)(=O)c1ccc(OCC(=O)Nc2ccc(C)cc2C)c(Cl)c1. The fourth-order valence-electron chi connectivity index (χ4n) is 2.52. The number of sulfonamides is 1. The number of amides is 1. The molecule has 0 saturated carbocycles. The van der Waals surface area contributed by atoms with Crippen LogP contribution in [0, 0.1) is 13.8 Å². The number of unbranched alkanes of at least 4 members (excludes halogenated alkanes) is 1. The fraction of sp³-hybridized carbons (Fsp3) is 0.350. The topological polar surface area (TPSA) is 84.5 Å². The van der Waals surface area contributed by atoms with Gasteiger partial charge in [-0.25, -0.2) is 13.1 Å². The molecule has 0 heterocycles. The van der Waals surface area contributed by atoms with Crippen molar-refractivity contribution >= 4 is 33.2 Å². The number of halogens is 1. The predicted molar refractivity (Wildman–Crippen MR) is 112 cm³/mol. The van der Waals surface area contributed by atoms with Gasteiger partial charge in [0, 0.05) is 12.2 Å². The number of ether oxygens (including phenoxy) is 1. The van der Waals surface area contributed by atoms with Gasteiger partial charge < -0.3 is 10.1 Å². The van der Waals surface area contributed by atoms with E-state index in [1.807, 2.05) is 39.0 Å². The lowest BCUT2D eigenvalue weighted by molar-refractivity contribution is -0.118. The maximum Gasteiger partial charge on any atom is 0.262 e. The van der Waals surface area contributed by atoms with E-state index in [4.69, 9.17) is 16.3 Å². The number of nitrogens with one attached hydrogen (secondary N) is 2. The molecule has 6 nitrogen and oxygen atoms in total. The average Bonchev–Trinajstić information content (AvgIpc) is 2.63. The van der Waals surface area contributed by atoms with Crippen LogP contribution < -0.4 is 14.8 Å². The normalized spacial score (nSPS) is 11.3. The smallest absolute Gasteiger partial charge is 0.262 e. The summed E-state index contributed by atoms with van der Waals surface area (Å²) in [6, 6.07) is 9.88. The number of rotatable bonds is 9. The van der Waals surface area contributed by atoms with Gasteiger partial charge in [0.2, 0.25) is 10.0 Å². The lowest BCUT2D eigenvalue weighted by atomic mass is 10.1. The van der Waals surface area contributed by atoms with Crippen molar-refractivity contribution in [2.45, 2.75) is 38.5 Å². The third kappa shape index (κ3) is 6.22. The van der Waals surface area contributed by atoms with Crippen LogP contribution in [-0.4, -0.2) is 27.5 Å². The number of anilines is 1. The first-order valence-corrected chi connectivity index (χ1v) is 10.9. The van der Waals surface area contributed by atoms with Gasteiger partial charge in [-0.3, -0.25) is 4.79 Å². The van der Waals surface area contributed by atoms with Crippen LogP contribution in [0.5, 0.6) is 5.75 Å². The van der Waals surface area contributed by atoms with Gasteiger partial charge in [0.05, 0.1) is 9.92 Å². The molecule has 0 unspecified atom stereocenters. The standard InChI is InChI=1S/C20H25ClN2O4S/c1-4-5-10-22-28(25,26)16-7-9-19(17(21)12-16)27-13-20(24)23-18-8-6-14(2)11-15(18)3/h6-9,11-12,22H,4-5,10,13H2,1-3H3,(H,23,24). The molecule has 0 aromatic heterocycles. The van der Waals surface area contributed by atoms with Crippen molar-refractivity contribution in [2.75, 3.05) is 18.5 Å². The van der Waals surface area contributed by atoms with E-state index in [0.29, 0.717) is 12.2 Å². The van der Waals surface area contributed by atoms with Gasteiger partial charge >= 0.3 is 0 Å². The van der Waals surface area contributed by atoms with Crippen molar-refractivity contribution in [3.8, 4) is 5.75 Å². The summed E-state index contributed by atoms with van der Waals surface area (Å²) in [4.78, 5) is 12.2. The lowest BCUT2D eigenvalue weighted by Crippen LogP contribution is -2.24. The van der Waals surface area contributed by atoms with E-state index in [0.717, 1.165) is 24.0 Å². The Morgan fingerprint density at radius 2 is 1.89 bits per heavy atom. The summed E-state index contributed by atoms with van der Waals surface area (Å²) in [7, 11) is -3.62. The largest absolute Gasteiger partial charge is 0.482 e. The molecule has 0 radical (unpaired) electrons. The second-order valence-corrected chi connectivity index (χ2v) is 8.67. The minimum absolute atomic E-state index is 0.0562. The highest BCUT2D eigenvalue weighted by Crippen LogP contribution is 2.27. The number of hydrogen-bond acceptors (Lipinski definition) is 4. The molecule has 0 fully saturated rings. The maximum atomic E-state index is 12.2. The number of hydrogen-bond donors (Lipinski definition) is 2. The summed E-state index contributed by atoms with van der Waals surface area (Å²) in [5.41, 5.74) is 2.78. The predicted octanol–water partition coefficient (Wildman–Crippen LogP) is 4.05. The first kappa shape index (κ1) is 22.2. The minimum Gasteiger partial charge on any atom is -0.482 e. The molecule has 0 spiro atoms. The van der Waals surface area contributed by atoms with E-state index in [9.17, 15) is 13.2 Å². The Morgan fingerprint density at radius 1 is 1.14 bits per heavy atom. The van der Waals surface area contributed by atoms with E-state index in [1.165, 1.54) is 18.2 Å². The van der Waals surface area contributed by atoms with Gasteiger partial charge in [-0.1, -0.05) is 42.6 Å². The van der Waals surface area contributed by atoms with Gasteiger partial charge in [-0.15, -0.1) is 0 Å². The molecule has 152 valence electrons. The summed E-state index contributed by atoms with van der Waals surface area (Å²) >= 11 is 6.13. The molecule has 0 aliphatic rings. The van der Waals surface area contributed by atoms with Crippen molar-refractivity contribution < 1.29 is 17.9 Å². The van der Waals surface area contributed by atoms with E-state index < -0.39 is 10.0 Å². The zero-order valence-electron chi connectivity index (χ0n) is 16.2. The molecule has 1 amide bonds. The molecule has 0 aliphatic carbocycles. The molecular weight excluding hydrogens is 400 g/mol. The molecule has 2 N–H and O–H groups in total. The van der Waals surface area contributed by atoms with E-state index in [2.05, 4.69) is 10.0 Å². The van der Waals surface area contributed by atoms with Crippen LogP contribution in [0.25, 0.3) is 0 Å². The highest BCUT2D eigenvalue weighted by molar-refractivity contribution is 7.89. The average molecular weight is 425 g/mol. The summed E-state index contributed by atoms with van der Waals surface area (Å²) in [6.07, 6.45) is 1.64. The Labute approximate surface area is 171 Å². The van der Waals surface area contributed by atoms with Crippen molar-refractivity contribution in [2.24, 2.45) is 0 Å². The second kappa shape index (κ2) is 9.91. The monoisotopic (exact) mass is 424 g/mol. The zero-order valence-corrected chi connectivity index (χ0v) is 17.8. The summed E-state index contributed by atoms with van der Waals surface area (Å²) in [5, 5.41) is 2.90. The van der Waals surface area contributed by atoms with Crippen LogP contribution in [0.3, 0.4) is 0 Å². The quantitative estimate of drug-likeness (QED) is 0.594. The first-order valence-electron chi connectivity index (χ1n) is 9.02. The number of carbonyl (C=O) groups excluding carboxylic acids is 1. The van der Waals surface area contributed by atoms with Crippen molar-refractivity contribution in [3.05, 3.63) is 52.5 Å². The third-order valence-electron chi connectivity index (χ3n) is 4.05. The molecule has 2 rings (SSSR count). The van der Waals surface area contributed by atoms with Crippen molar-refractivity contribution in [1.29, 1.82) is 0 Å². The zero-order chi connectivity index (χ0) is 20.7. The lowest BCUT2D eigenvalue weighted by Gasteiger charge is -2.12. The molecule has 0 saturated heterocycles. The second-order valence-electron chi connectivity index (χ2n) is 6.50. The Hall–Kier alpha value is -2.09. The molecule has 28 heavy (non-hydrogen) atoms. The van der Waals surface area contributed by atoms with Crippen LogP contribution in [-0.2, 0) is 14.8 Å². The van der Waals surface area contributed by atoms with E-state index in [-0.39, 0.29) is 28.2 Å². The van der Waals surface area contributed by atoms with Gasteiger partial charge in [-0.2, -0.15) is 0 Å². The number of carbonyl (C=O) groups is 1. The number of benzene rings is 2. The summed E-state index contributed by atoms with van der Waals surface area (Å²) in [6.45, 7) is 6.00. The molecule has 0 bridgehead atoms. The highest BCUT2D eigenvalue weighted by atomic mass is 35.5. The third-order valence-corrected chi connectivity index (χ3v) is 5.80. The van der Waals surface area contributed by atoms with Crippen LogP contribution >= 0.6 is 11.6 Å². The Balaban J connectivity index is 1.98. The Bertz CT molecular complexity index is 945. The molecular formula is C20H25ClN2O4S. The van der Waals surface area contributed by atoms with Crippen molar-refractivity contribution in [3.63, 3.8) is 0 Å². The van der Waals surface area contributed by atoms with Gasteiger partial charge in [0.25, 0.3) is 5.91 Å². The van der Waals surface area contributed by atoms with Crippen molar-refractivity contribution in [1.82, 2.24) is 4.72 Å². The maximum absolute atomic E-state index is 12.2. The first-order chi connectivity index (χ1) is 13.2. The molecule has 8 heteroatoms. The van der Waals surface area contributed by atoms with Gasteiger partial charge in [-0.05, 0) is 50.1 Å². The van der Waals surface area contributed by atoms with Crippen LogP contribution in [0.2, 0.25) is 5.02 Å². The van der Waals surface area contributed by atoms with Crippen LogP contribution in [0.1, 0.15) is 30.9 Å². The molecule has 2 aromatic rings. The molecule has 2 aromatic carbocycles. The summed E-state index contributed by atoms with van der Waals surface area (Å²) < 4.78 is 32.4. The van der Waals surface area contributed by atoms with Gasteiger partial charge in [0.15, 0.2) is 6.61 Å². The molecule has 0 atom stereocenters. The minimum atomic E-state index is -3.62.